The van der Waals surface area contributed by atoms with Gasteiger partial charge < -0.3 is 20.3 Å². The third kappa shape index (κ3) is 6.74. The Hall–Kier alpha value is -3.02. The fraction of sp³-hybridized carbons (Fsp3) is 0.440. The van der Waals surface area contributed by atoms with Crippen molar-refractivity contribution in [3.05, 3.63) is 54.1 Å². The minimum atomic E-state index is -0.158. The molecule has 0 saturated carbocycles. The van der Waals surface area contributed by atoms with Crippen LogP contribution < -0.4 is 15.4 Å². The van der Waals surface area contributed by atoms with Gasteiger partial charge in [0.2, 0.25) is 5.91 Å². The number of nitrogens with one attached hydrogen (secondary N) is 2. The van der Waals surface area contributed by atoms with E-state index in [1.807, 2.05) is 53.4 Å². The van der Waals surface area contributed by atoms with E-state index in [1.54, 1.807) is 0 Å². The minimum absolute atomic E-state index is 0.0795. The van der Waals surface area contributed by atoms with E-state index in [0.717, 1.165) is 44.5 Å². The number of unbranched alkanes of at least 4 members (excludes halogenated alkanes) is 1. The van der Waals surface area contributed by atoms with Crippen LogP contribution in [0.2, 0.25) is 0 Å². The molecule has 6 heteroatoms. The third-order valence-corrected chi connectivity index (χ3v) is 5.57. The first-order valence-corrected chi connectivity index (χ1v) is 11.2. The maximum absolute atomic E-state index is 12.6. The fourth-order valence-electron chi connectivity index (χ4n) is 3.52. The van der Waals surface area contributed by atoms with Gasteiger partial charge in [-0.1, -0.05) is 32.4 Å². The van der Waals surface area contributed by atoms with Crippen LogP contribution in [0.15, 0.2) is 48.5 Å². The highest BCUT2D eigenvalue weighted by molar-refractivity contribution is 5.96. The predicted molar refractivity (Wildman–Crippen MR) is 125 cm³/mol. The summed E-state index contributed by atoms with van der Waals surface area (Å²) in [7, 11) is 0. The molecule has 6 nitrogen and oxygen atoms in total. The van der Waals surface area contributed by atoms with Crippen molar-refractivity contribution in [2.75, 3.05) is 36.9 Å². The Balaban J connectivity index is 1.49. The number of likely N-dealkylation sites (tertiary alicyclic amines) is 1. The van der Waals surface area contributed by atoms with Gasteiger partial charge in [0.05, 0.1) is 18.8 Å². The van der Waals surface area contributed by atoms with E-state index < -0.39 is 0 Å². The van der Waals surface area contributed by atoms with Crippen LogP contribution in [0.1, 0.15) is 49.9 Å². The molecule has 0 aliphatic carbocycles. The summed E-state index contributed by atoms with van der Waals surface area (Å²) in [6, 6.07) is 14.8. The zero-order chi connectivity index (χ0) is 22.1. The maximum Gasteiger partial charge on any atom is 0.253 e. The number of amides is 2. The lowest BCUT2D eigenvalue weighted by atomic mass is 9.98. The molecule has 2 aromatic rings. The first-order valence-electron chi connectivity index (χ1n) is 11.2. The summed E-state index contributed by atoms with van der Waals surface area (Å²) >= 11 is 0. The molecule has 1 aliphatic heterocycles. The van der Waals surface area contributed by atoms with E-state index in [-0.39, 0.29) is 18.4 Å². The van der Waals surface area contributed by atoms with Crippen molar-refractivity contribution < 1.29 is 14.3 Å². The van der Waals surface area contributed by atoms with Crippen molar-refractivity contribution in [1.29, 1.82) is 0 Å². The molecule has 1 saturated heterocycles. The van der Waals surface area contributed by atoms with Crippen molar-refractivity contribution in [3.8, 4) is 5.75 Å². The van der Waals surface area contributed by atoms with Crippen molar-refractivity contribution >= 4 is 23.2 Å². The van der Waals surface area contributed by atoms with Crippen LogP contribution >= 0.6 is 0 Å². The van der Waals surface area contributed by atoms with Gasteiger partial charge in [0.15, 0.2) is 0 Å². The zero-order valence-electron chi connectivity index (χ0n) is 18.5. The van der Waals surface area contributed by atoms with E-state index in [2.05, 4.69) is 24.5 Å². The number of carbonyl (C=O) groups excluding carboxylic acids is 2. The number of rotatable bonds is 9. The Labute approximate surface area is 185 Å². The Kier molecular flexibility index (Phi) is 8.33. The van der Waals surface area contributed by atoms with Crippen LogP contribution in [0.3, 0.4) is 0 Å². The highest BCUT2D eigenvalue weighted by Gasteiger charge is 2.21. The third-order valence-electron chi connectivity index (χ3n) is 5.57. The van der Waals surface area contributed by atoms with Crippen molar-refractivity contribution in [3.63, 3.8) is 0 Å². The lowest BCUT2D eigenvalue weighted by molar-refractivity contribution is -0.114. The summed E-state index contributed by atoms with van der Waals surface area (Å²) in [5.74, 6) is 1.29. The van der Waals surface area contributed by atoms with Crippen LogP contribution in [0.4, 0.5) is 11.4 Å². The average Bonchev–Trinajstić information content (AvgIpc) is 2.79. The van der Waals surface area contributed by atoms with Gasteiger partial charge >= 0.3 is 0 Å². The molecule has 1 fully saturated rings. The number of piperidine rings is 1. The van der Waals surface area contributed by atoms with Crippen molar-refractivity contribution in [2.24, 2.45) is 5.92 Å². The van der Waals surface area contributed by atoms with Gasteiger partial charge in [-0.05, 0) is 61.6 Å². The molecule has 166 valence electrons. The van der Waals surface area contributed by atoms with Crippen LogP contribution in [0, 0.1) is 5.92 Å². The highest BCUT2D eigenvalue weighted by atomic mass is 16.5. The summed E-state index contributed by atoms with van der Waals surface area (Å²) in [4.78, 5) is 27.0. The number of hydrogen-bond donors (Lipinski definition) is 2. The molecule has 0 aromatic heterocycles. The summed E-state index contributed by atoms with van der Waals surface area (Å²) in [6.07, 6.45) is 4.15. The van der Waals surface area contributed by atoms with E-state index >= 15 is 0 Å². The summed E-state index contributed by atoms with van der Waals surface area (Å²) in [6.45, 7) is 6.74. The van der Waals surface area contributed by atoms with Gasteiger partial charge in [-0.15, -0.1) is 0 Å². The molecular formula is C25H33N3O3. The Bertz CT molecular complexity index is 859. The number of carbonyl (C=O) groups is 2. The topological polar surface area (TPSA) is 70.7 Å². The second-order valence-corrected chi connectivity index (χ2v) is 8.15. The molecule has 0 radical (unpaired) electrons. The smallest absolute Gasteiger partial charge is 0.253 e. The maximum atomic E-state index is 12.6. The van der Waals surface area contributed by atoms with Crippen molar-refractivity contribution in [1.82, 2.24) is 4.90 Å². The minimum Gasteiger partial charge on any atom is -0.491 e. The SMILES string of the molecule is CCCCOc1ccccc1NC(=O)CNc1ccc(C(=O)N2CCC(C)CC2)cc1. The Morgan fingerprint density at radius 1 is 1.06 bits per heavy atom. The molecule has 31 heavy (non-hydrogen) atoms. The quantitative estimate of drug-likeness (QED) is 0.569. The van der Waals surface area contributed by atoms with Crippen LogP contribution in [-0.4, -0.2) is 43.0 Å². The predicted octanol–water partition coefficient (Wildman–Crippen LogP) is 4.79. The second kappa shape index (κ2) is 11.4. The molecule has 2 amide bonds. The monoisotopic (exact) mass is 423 g/mol. The van der Waals surface area contributed by atoms with Gasteiger partial charge in [0.1, 0.15) is 5.75 Å². The Morgan fingerprint density at radius 3 is 2.48 bits per heavy atom. The van der Waals surface area contributed by atoms with Gasteiger partial charge in [0, 0.05) is 24.3 Å². The molecule has 1 aliphatic rings. The van der Waals surface area contributed by atoms with Crippen LogP contribution in [0.25, 0.3) is 0 Å². The molecule has 0 atom stereocenters. The molecule has 3 rings (SSSR count). The number of hydrogen-bond acceptors (Lipinski definition) is 4. The molecular weight excluding hydrogens is 390 g/mol. The first-order chi connectivity index (χ1) is 15.1. The van der Waals surface area contributed by atoms with Gasteiger partial charge in [-0.3, -0.25) is 9.59 Å². The first kappa shape index (κ1) is 22.7. The Morgan fingerprint density at radius 2 is 1.77 bits per heavy atom. The highest BCUT2D eigenvalue weighted by Crippen LogP contribution is 2.24. The van der Waals surface area contributed by atoms with E-state index in [9.17, 15) is 9.59 Å². The van der Waals surface area contributed by atoms with Crippen molar-refractivity contribution in [2.45, 2.75) is 39.5 Å². The summed E-state index contributed by atoms with van der Waals surface area (Å²) in [5.41, 5.74) is 2.15. The average molecular weight is 424 g/mol. The second-order valence-electron chi connectivity index (χ2n) is 8.15. The summed E-state index contributed by atoms with van der Waals surface area (Å²) in [5, 5.41) is 6.01. The van der Waals surface area contributed by atoms with Crippen LogP contribution in [0.5, 0.6) is 5.75 Å². The molecule has 2 N–H and O–H groups in total. The number of nitrogens with zero attached hydrogens (tertiary/aromatic N) is 1. The molecule has 2 aromatic carbocycles. The van der Waals surface area contributed by atoms with E-state index in [4.69, 9.17) is 4.74 Å². The molecule has 0 unspecified atom stereocenters. The zero-order valence-corrected chi connectivity index (χ0v) is 18.5. The lowest BCUT2D eigenvalue weighted by Gasteiger charge is -2.30. The van der Waals surface area contributed by atoms with E-state index in [0.29, 0.717) is 29.5 Å². The molecule has 1 heterocycles. The van der Waals surface area contributed by atoms with E-state index in [1.165, 1.54) is 0 Å². The standard InChI is InChI=1S/C25H33N3O3/c1-3-4-17-31-23-8-6-5-7-22(23)27-24(29)18-26-21-11-9-20(10-12-21)25(30)28-15-13-19(2)14-16-28/h5-12,19,26H,3-4,13-18H2,1-2H3,(H,27,29). The lowest BCUT2D eigenvalue weighted by Crippen LogP contribution is -2.37. The number of para-hydroxylation sites is 2. The fourth-order valence-corrected chi connectivity index (χ4v) is 3.52. The van der Waals surface area contributed by atoms with Gasteiger partial charge in [-0.25, -0.2) is 0 Å². The van der Waals surface area contributed by atoms with Crippen LogP contribution in [-0.2, 0) is 4.79 Å². The summed E-state index contributed by atoms with van der Waals surface area (Å²) < 4.78 is 5.76. The largest absolute Gasteiger partial charge is 0.491 e. The number of anilines is 2. The molecule has 0 spiro atoms. The molecule has 0 bridgehead atoms. The van der Waals surface area contributed by atoms with Gasteiger partial charge in [-0.2, -0.15) is 0 Å². The van der Waals surface area contributed by atoms with Gasteiger partial charge in [0.25, 0.3) is 5.91 Å². The number of ether oxygens (including phenoxy) is 1. The number of benzene rings is 2. The normalized spacial score (nSPS) is 14.2.